The Bertz CT molecular complexity index is 1850. The van der Waals surface area contributed by atoms with Crippen LogP contribution in [0.2, 0.25) is 0 Å². The van der Waals surface area contributed by atoms with E-state index in [0.29, 0.717) is 44.7 Å². The first-order chi connectivity index (χ1) is 17.8. The molecule has 2 aromatic heterocycles. The van der Waals surface area contributed by atoms with Crippen molar-refractivity contribution in [1.29, 1.82) is 0 Å². The molecule has 0 bridgehead atoms. The number of H-pyrrole nitrogens is 1. The Labute approximate surface area is 216 Å². The number of pyridine rings is 1. The van der Waals surface area contributed by atoms with E-state index in [0.717, 1.165) is 22.7 Å². The molecule has 37 heavy (non-hydrogen) atoms. The van der Waals surface area contributed by atoms with Crippen molar-refractivity contribution < 1.29 is 17.9 Å². The van der Waals surface area contributed by atoms with E-state index in [1.807, 2.05) is 25.1 Å². The molecule has 9 nitrogen and oxygen atoms in total. The van der Waals surface area contributed by atoms with E-state index < -0.39 is 10.0 Å². The van der Waals surface area contributed by atoms with Crippen molar-refractivity contribution in [2.75, 3.05) is 6.79 Å². The molecule has 0 radical (unpaired) electrons. The number of nitrogens with one attached hydrogen (secondary N) is 1. The number of hydrogen-bond acceptors (Lipinski definition) is 8. The summed E-state index contributed by atoms with van der Waals surface area (Å²) in [5, 5.41) is 0.831. The third-order valence-corrected chi connectivity index (χ3v) is 8.91. The first kappa shape index (κ1) is 23.6. The lowest BCUT2D eigenvalue weighted by molar-refractivity contribution is 0.174. The van der Waals surface area contributed by atoms with Gasteiger partial charge in [0.1, 0.15) is 15.9 Å². The van der Waals surface area contributed by atoms with Gasteiger partial charge in [-0.25, -0.2) is 8.42 Å². The van der Waals surface area contributed by atoms with Crippen LogP contribution in [0.4, 0.5) is 0 Å². The van der Waals surface area contributed by atoms with Gasteiger partial charge in [0.2, 0.25) is 16.8 Å². The number of aromatic amines is 1. The Kier molecular flexibility index (Phi) is 5.70. The monoisotopic (exact) mass is 534 g/mol. The van der Waals surface area contributed by atoms with Crippen LogP contribution in [0, 0.1) is 13.8 Å². The minimum atomic E-state index is -4.10. The Balaban J connectivity index is 1.48. The molecule has 0 aliphatic carbocycles. The summed E-state index contributed by atoms with van der Waals surface area (Å²) >= 11 is 0.962. The predicted octanol–water partition coefficient (Wildman–Crippen LogP) is 4.27. The Morgan fingerprint density at radius 3 is 2.68 bits per heavy atom. The lowest BCUT2D eigenvalue weighted by Gasteiger charge is -2.23. The number of aromatic nitrogens is 3. The van der Waals surface area contributed by atoms with E-state index in [4.69, 9.17) is 9.47 Å². The molecule has 1 N–H and O–H groups in total. The molecule has 3 heterocycles. The quantitative estimate of drug-likeness (QED) is 0.346. The molecule has 6 rings (SSSR count). The SMILES string of the molecule is Cc1ccc2[nH]c(=O)c(CN(Cc3ccc4c(c3)OCO4)S(=O)(=O)c3c(C)ccc4nsnc34)cc2c1. The second-order valence-corrected chi connectivity index (χ2v) is 11.4. The topological polar surface area (TPSA) is 114 Å². The fourth-order valence-electron chi connectivity index (χ4n) is 4.53. The third-order valence-electron chi connectivity index (χ3n) is 6.40. The predicted molar refractivity (Wildman–Crippen MR) is 140 cm³/mol. The molecule has 0 saturated carbocycles. The second kappa shape index (κ2) is 8.94. The maximum absolute atomic E-state index is 14.2. The normalized spacial score (nSPS) is 13.2. The standard InChI is InChI=1S/C26H22N4O5S2/c1-15-3-6-20-18(9-15)11-19(26(31)27-20)13-30(12-17-5-8-22-23(10-17)35-14-34-22)37(32,33)25-16(2)4-7-21-24(25)29-36-28-21/h3-11H,12-14H2,1-2H3,(H,27,31). The van der Waals surface area contributed by atoms with Gasteiger partial charge in [-0.1, -0.05) is 23.8 Å². The molecule has 1 aliphatic heterocycles. The van der Waals surface area contributed by atoms with Gasteiger partial charge in [-0.05, 0) is 66.8 Å². The van der Waals surface area contributed by atoms with Crippen LogP contribution in [0.1, 0.15) is 22.3 Å². The van der Waals surface area contributed by atoms with Crippen LogP contribution in [0.5, 0.6) is 11.5 Å². The lowest BCUT2D eigenvalue weighted by Crippen LogP contribution is -2.33. The summed E-state index contributed by atoms with van der Waals surface area (Å²) in [5.41, 5.74) is 3.81. The van der Waals surface area contributed by atoms with Crippen molar-refractivity contribution in [3.63, 3.8) is 0 Å². The van der Waals surface area contributed by atoms with Crippen molar-refractivity contribution >= 4 is 43.7 Å². The molecule has 0 spiro atoms. The zero-order valence-corrected chi connectivity index (χ0v) is 21.6. The number of fused-ring (bicyclic) bond motifs is 3. The molecule has 11 heteroatoms. The van der Waals surface area contributed by atoms with Gasteiger partial charge in [0.25, 0.3) is 5.56 Å². The number of ether oxygens (including phenoxy) is 2. The highest BCUT2D eigenvalue weighted by Gasteiger charge is 2.31. The second-order valence-electron chi connectivity index (χ2n) is 9.02. The van der Waals surface area contributed by atoms with E-state index >= 15 is 0 Å². The van der Waals surface area contributed by atoms with E-state index in [9.17, 15) is 13.2 Å². The molecule has 3 aromatic carbocycles. The van der Waals surface area contributed by atoms with Crippen molar-refractivity contribution in [3.8, 4) is 11.5 Å². The fourth-order valence-corrected chi connectivity index (χ4v) is 6.89. The molecule has 5 aromatic rings. The fraction of sp³-hybridized carbons (Fsp3) is 0.192. The van der Waals surface area contributed by atoms with Crippen LogP contribution >= 0.6 is 11.7 Å². The summed E-state index contributed by atoms with van der Waals surface area (Å²) in [4.78, 5) is 16.0. The molecule has 0 amide bonds. The Morgan fingerprint density at radius 1 is 0.973 bits per heavy atom. The highest BCUT2D eigenvalue weighted by molar-refractivity contribution is 7.89. The first-order valence-electron chi connectivity index (χ1n) is 11.5. The van der Waals surface area contributed by atoms with Crippen LogP contribution in [-0.2, 0) is 23.1 Å². The highest BCUT2D eigenvalue weighted by Crippen LogP contribution is 2.34. The van der Waals surface area contributed by atoms with Gasteiger partial charge in [-0.15, -0.1) is 0 Å². The third kappa shape index (κ3) is 4.24. The molecule has 0 unspecified atom stereocenters. The number of rotatable bonds is 6. The zero-order valence-electron chi connectivity index (χ0n) is 20.0. The number of aryl methyl sites for hydroxylation is 2. The maximum atomic E-state index is 14.2. The van der Waals surface area contributed by atoms with E-state index in [1.165, 1.54) is 4.31 Å². The summed E-state index contributed by atoms with van der Waals surface area (Å²) in [7, 11) is -4.10. The number of benzene rings is 3. The van der Waals surface area contributed by atoms with Gasteiger partial charge >= 0.3 is 0 Å². The van der Waals surface area contributed by atoms with Gasteiger partial charge in [0, 0.05) is 24.2 Å². The molecule has 0 fully saturated rings. The summed E-state index contributed by atoms with van der Waals surface area (Å²) in [6.07, 6.45) is 0. The molecule has 188 valence electrons. The van der Waals surface area contributed by atoms with Crippen LogP contribution in [0.15, 0.2) is 64.3 Å². The van der Waals surface area contributed by atoms with Gasteiger partial charge < -0.3 is 14.5 Å². The van der Waals surface area contributed by atoms with E-state index in [-0.39, 0.29) is 30.3 Å². The van der Waals surface area contributed by atoms with Gasteiger partial charge in [0.05, 0.1) is 11.7 Å². The average Bonchev–Trinajstić information content (AvgIpc) is 3.53. The van der Waals surface area contributed by atoms with E-state index in [1.54, 1.807) is 43.3 Å². The molecule has 1 aliphatic rings. The van der Waals surface area contributed by atoms with Crippen LogP contribution in [-0.4, -0.2) is 33.2 Å². The van der Waals surface area contributed by atoms with Crippen molar-refractivity contribution in [3.05, 3.63) is 87.2 Å². The van der Waals surface area contributed by atoms with Crippen molar-refractivity contribution in [2.24, 2.45) is 0 Å². The summed E-state index contributed by atoms with van der Waals surface area (Å²) < 4.78 is 49.2. The summed E-state index contributed by atoms with van der Waals surface area (Å²) in [6.45, 7) is 3.69. The molecule has 0 saturated heterocycles. The van der Waals surface area contributed by atoms with Crippen molar-refractivity contribution in [1.82, 2.24) is 18.0 Å². The van der Waals surface area contributed by atoms with Crippen LogP contribution in [0.3, 0.4) is 0 Å². The van der Waals surface area contributed by atoms with Crippen molar-refractivity contribution in [2.45, 2.75) is 31.8 Å². The Hall–Kier alpha value is -3.80. The number of hydrogen-bond donors (Lipinski definition) is 1. The van der Waals surface area contributed by atoms with Gasteiger partial charge in [0.15, 0.2) is 11.5 Å². The molecule has 0 atom stereocenters. The van der Waals surface area contributed by atoms with Gasteiger partial charge in [-0.2, -0.15) is 13.1 Å². The number of nitrogens with zero attached hydrogens (tertiary/aromatic N) is 3. The summed E-state index contributed by atoms with van der Waals surface area (Å²) in [5.74, 6) is 1.16. The van der Waals surface area contributed by atoms with Crippen LogP contribution in [0.25, 0.3) is 21.9 Å². The smallest absolute Gasteiger partial charge is 0.252 e. The summed E-state index contributed by atoms with van der Waals surface area (Å²) in [6, 6.07) is 16.3. The van der Waals surface area contributed by atoms with Crippen LogP contribution < -0.4 is 15.0 Å². The highest BCUT2D eigenvalue weighted by atomic mass is 32.2. The number of sulfonamides is 1. The molecular weight excluding hydrogens is 512 g/mol. The lowest BCUT2D eigenvalue weighted by atomic mass is 10.1. The Morgan fingerprint density at radius 2 is 1.81 bits per heavy atom. The van der Waals surface area contributed by atoms with E-state index in [2.05, 4.69) is 13.7 Å². The largest absolute Gasteiger partial charge is 0.454 e. The first-order valence-corrected chi connectivity index (χ1v) is 13.7. The maximum Gasteiger partial charge on any atom is 0.252 e. The zero-order chi connectivity index (χ0) is 25.7. The van der Waals surface area contributed by atoms with Gasteiger partial charge in [-0.3, -0.25) is 4.79 Å². The minimum Gasteiger partial charge on any atom is -0.454 e. The molecular formula is C26H22N4O5S2. The minimum absolute atomic E-state index is 0.0116. The average molecular weight is 535 g/mol.